The van der Waals surface area contributed by atoms with Crippen LogP contribution < -0.4 is 9.47 Å². The molecule has 0 amide bonds. The fourth-order valence-corrected chi connectivity index (χ4v) is 3.49. The molecular formula is C26H31N5O5. The van der Waals surface area contributed by atoms with Crippen LogP contribution >= 0.6 is 0 Å². The summed E-state index contributed by atoms with van der Waals surface area (Å²) in [5.74, 6) is 2.37. The lowest BCUT2D eigenvalue weighted by Gasteiger charge is -2.12. The van der Waals surface area contributed by atoms with Crippen LogP contribution in [0.25, 0.3) is 0 Å². The minimum Gasteiger partial charge on any atom is -0.489 e. The SMILES string of the molecule is COCCc1ccc2c(c1)OCCOCCOc1cc(CCOC)ccc1N=Nc1ccc([nH]1)N=N2. The highest BCUT2D eigenvalue weighted by Crippen LogP contribution is 2.33. The first-order chi connectivity index (χ1) is 17.7. The fraction of sp³-hybridized carbons (Fsp3) is 0.385. The maximum Gasteiger partial charge on any atom is 0.154 e. The molecule has 0 fully saturated rings. The molecular weight excluding hydrogens is 462 g/mol. The topological polar surface area (TPSA) is 111 Å². The van der Waals surface area contributed by atoms with Crippen LogP contribution in [0.4, 0.5) is 23.0 Å². The van der Waals surface area contributed by atoms with Crippen molar-refractivity contribution >= 4 is 23.0 Å². The number of hydrogen-bond donors (Lipinski definition) is 1. The van der Waals surface area contributed by atoms with E-state index in [-0.39, 0.29) is 0 Å². The van der Waals surface area contributed by atoms with Gasteiger partial charge in [-0.1, -0.05) is 12.1 Å². The summed E-state index contributed by atoms with van der Waals surface area (Å²) in [5.41, 5.74) is 3.43. The van der Waals surface area contributed by atoms with E-state index in [9.17, 15) is 0 Å². The minimum absolute atomic E-state index is 0.370. The Morgan fingerprint density at radius 2 is 1.17 bits per heavy atom. The van der Waals surface area contributed by atoms with Crippen molar-refractivity contribution in [3.63, 3.8) is 0 Å². The molecule has 4 rings (SSSR count). The average molecular weight is 494 g/mol. The van der Waals surface area contributed by atoms with Gasteiger partial charge in [0.05, 0.1) is 26.4 Å². The number of hydrogen-bond acceptors (Lipinski definition) is 9. The molecule has 10 heteroatoms. The monoisotopic (exact) mass is 493 g/mol. The summed E-state index contributed by atoms with van der Waals surface area (Å²) in [6.07, 6.45) is 1.55. The molecule has 0 spiro atoms. The minimum atomic E-state index is 0.370. The van der Waals surface area contributed by atoms with E-state index in [4.69, 9.17) is 23.7 Å². The summed E-state index contributed by atoms with van der Waals surface area (Å²) in [7, 11) is 3.37. The molecule has 190 valence electrons. The Morgan fingerprint density at radius 3 is 1.64 bits per heavy atom. The van der Waals surface area contributed by atoms with Crippen LogP contribution in [0.3, 0.4) is 0 Å². The second kappa shape index (κ2) is 13.5. The molecule has 0 unspecified atom stereocenters. The predicted molar refractivity (Wildman–Crippen MR) is 135 cm³/mol. The molecule has 2 bridgehead atoms. The summed E-state index contributed by atoms with van der Waals surface area (Å²) < 4.78 is 28.1. The van der Waals surface area contributed by atoms with E-state index in [0.717, 1.165) is 24.0 Å². The van der Waals surface area contributed by atoms with E-state index < -0.39 is 0 Å². The molecule has 1 N–H and O–H groups in total. The zero-order valence-corrected chi connectivity index (χ0v) is 20.6. The number of benzene rings is 2. The Hall–Kier alpha value is -3.60. The Morgan fingerprint density at radius 1 is 0.667 bits per heavy atom. The van der Waals surface area contributed by atoms with Crippen molar-refractivity contribution in [2.45, 2.75) is 12.8 Å². The van der Waals surface area contributed by atoms with Gasteiger partial charge in [-0.15, -0.1) is 20.5 Å². The molecule has 1 aromatic heterocycles. The Kier molecular flexibility index (Phi) is 9.54. The van der Waals surface area contributed by atoms with Crippen LogP contribution in [0.15, 0.2) is 69.0 Å². The normalized spacial score (nSPS) is 14.2. The summed E-state index contributed by atoms with van der Waals surface area (Å²) in [4.78, 5) is 3.10. The summed E-state index contributed by atoms with van der Waals surface area (Å²) in [6, 6.07) is 15.3. The highest BCUT2D eigenvalue weighted by molar-refractivity contribution is 5.55. The molecule has 3 aromatic rings. The van der Waals surface area contributed by atoms with Gasteiger partial charge in [-0.3, -0.25) is 0 Å². The zero-order chi connectivity index (χ0) is 25.0. The van der Waals surface area contributed by atoms with E-state index in [1.807, 2.05) is 36.4 Å². The van der Waals surface area contributed by atoms with Gasteiger partial charge in [-0.05, 0) is 60.4 Å². The van der Waals surface area contributed by atoms with Crippen LogP contribution in [0, 0.1) is 0 Å². The van der Waals surface area contributed by atoms with E-state index in [0.29, 0.717) is 74.2 Å². The first-order valence-corrected chi connectivity index (χ1v) is 11.8. The van der Waals surface area contributed by atoms with Crippen LogP contribution in [0.5, 0.6) is 11.5 Å². The first kappa shape index (κ1) is 25.5. The third-order valence-electron chi connectivity index (χ3n) is 5.39. The van der Waals surface area contributed by atoms with Gasteiger partial charge in [0.15, 0.2) is 11.6 Å². The zero-order valence-electron chi connectivity index (χ0n) is 20.6. The van der Waals surface area contributed by atoms with Crippen molar-refractivity contribution in [1.82, 2.24) is 4.98 Å². The number of azo groups is 2. The van der Waals surface area contributed by atoms with Gasteiger partial charge in [-0.2, -0.15) is 0 Å². The molecule has 2 aromatic carbocycles. The Balaban J connectivity index is 1.57. The standard InChI is InChI=1S/C26H31N5O5/c1-32-11-9-19-3-5-21-23(17-19)35-15-13-34-14-16-36-24-18-20(10-12-33-2)4-6-22(24)29-31-26-8-7-25(27-26)30-28-21/h3-8,17-18,27H,9-16H2,1-2H3. The number of nitrogens with zero attached hydrogens (tertiary/aromatic N) is 4. The van der Waals surface area contributed by atoms with Gasteiger partial charge in [0, 0.05) is 14.2 Å². The molecule has 1 aliphatic rings. The smallest absolute Gasteiger partial charge is 0.154 e. The Labute approximate surface area is 210 Å². The highest BCUT2D eigenvalue weighted by Gasteiger charge is 2.09. The molecule has 10 nitrogen and oxygen atoms in total. The number of fused-ring (bicyclic) bond motifs is 4. The van der Waals surface area contributed by atoms with E-state index in [1.54, 1.807) is 26.4 Å². The van der Waals surface area contributed by atoms with Crippen LogP contribution in [-0.4, -0.2) is 58.8 Å². The van der Waals surface area contributed by atoms with Crippen molar-refractivity contribution < 1.29 is 23.7 Å². The quantitative estimate of drug-likeness (QED) is 0.452. The summed E-state index contributed by atoms with van der Waals surface area (Å²) in [6.45, 7) is 2.80. The van der Waals surface area contributed by atoms with Gasteiger partial charge in [-0.25, -0.2) is 0 Å². The number of rotatable bonds is 6. The van der Waals surface area contributed by atoms with Crippen molar-refractivity contribution in [1.29, 1.82) is 0 Å². The molecule has 0 saturated carbocycles. The van der Waals surface area contributed by atoms with Gasteiger partial charge < -0.3 is 28.7 Å². The van der Waals surface area contributed by atoms with Crippen molar-refractivity contribution in [3.8, 4) is 11.5 Å². The number of H-pyrrole nitrogens is 1. The maximum absolute atomic E-state index is 5.98. The van der Waals surface area contributed by atoms with Crippen molar-refractivity contribution in [2.24, 2.45) is 20.5 Å². The molecule has 36 heavy (non-hydrogen) atoms. The molecule has 0 aliphatic carbocycles. The van der Waals surface area contributed by atoms with E-state index >= 15 is 0 Å². The van der Waals surface area contributed by atoms with Crippen molar-refractivity contribution in [3.05, 3.63) is 59.7 Å². The number of aromatic nitrogens is 1. The maximum atomic E-state index is 5.98. The number of nitrogens with one attached hydrogen (secondary N) is 1. The second-order valence-electron chi connectivity index (χ2n) is 8.03. The molecule has 0 atom stereocenters. The lowest BCUT2D eigenvalue weighted by molar-refractivity contribution is 0.0766. The third kappa shape index (κ3) is 7.45. The van der Waals surface area contributed by atoms with E-state index in [2.05, 4.69) is 25.4 Å². The molecule has 2 heterocycles. The molecule has 1 aliphatic heterocycles. The third-order valence-corrected chi connectivity index (χ3v) is 5.39. The van der Waals surface area contributed by atoms with Crippen LogP contribution in [-0.2, 0) is 27.1 Å². The average Bonchev–Trinajstić information content (AvgIpc) is 3.36. The van der Waals surface area contributed by atoms with Gasteiger partial charge in [0.25, 0.3) is 0 Å². The number of aromatic amines is 1. The lowest BCUT2D eigenvalue weighted by Crippen LogP contribution is -2.12. The van der Waals surface area contributed by atoms with Crippen LogP contribution in [0.2, 0.25) is 0 Å². The van der Waals surface area contributed by atoms with Gasteiger partial charge in [0.2, 0.25) is 0 Å². The second-order valence-corrected chi connectivity index (χ2v) is 8.03. The number of methoxy groups -OCH3 is 2. The predicted octanol–water partition coefficient (Wildman–Crippen LogP) is 6.01. The molecule has 0 radical (unpaired) electrons. The van der Waals surface area contributed by atoms with Gasteiger partial charge in [0.1, 0.15) is 36.1 Å². The Bertz CT molecular complexity index is 1090. The lowest BCUT2D eigenvalue weighted by atomic mass is 10.1. The van der Waals surface area contributed by atoms with Crippen LogP contribution in [0.1, 0.15) is 11.1 Å². The molecule has 0 saturated heterocycles. The largest absolute Gasteiger partial charge is 0.489 e. The van der Waals surface area contributed by atoms with Gasteiger partial charge >= 0.3 is 0 Å². The van der Waals surface area contributed by atoms with E-state index in [1.165, 1.54) is 0 Å². The number of ether oxygens (including phenoxy) is 5. The summed E-state index contributed by atoms with van der Waals surface area (Å²) in [5, 5.41) is 17.4. The first-order valence-electron chi connectivity index (χ1n) is 11.8. The van der Waals surface area contributed by atoms with Crippen molar-refractivity contribution in [2.75, 3.05) is 53.9 Å². The fourth-order valence-electron chi connectivity index (χ4n) is 3.49. The summed E-state index contributed by atoms with van der Waals surface area (Å²) >= 11 is 0. The highest BCUT2D eigenvalue weighted by atomic mass is 16.5.